The van der Waals surface area contributed by atoms with Gasteiger partial charge in [-0.2, -0.15) is 0 Å². The molecule has 0 bridgehead atoms. The van der Waals surface area contributed by atoms with Crippen LogP contribution in [0.1, 0.15) is 17.0 Å². The first-order valence-electron chi connectivity index (χ1n) is 7.10. The quantitative estimate of drug-likeness (QED) is 0.595. The van der Waals surface area contributed by atoms with E-state index in [0.29, 0.717) is 0 Å². The van der Waals surface area contributed by atoms with Gasteiger partial charge in [0.2, 0.25) is 0 Å². The van der Waals surface area contributed by atoms with Crippen molar-refractivity contribution in [2.24, 2.45) is 0 Å². The van der Waals surface area contributed by atoms with Gasteiger partial charge in [-0.05, 0) is 22.3 Å². The Morgan fingerprint density at radius 1 is 1.09 bits per heavy atom. The normalized spacial score (nSPS) is 13.8. The molecule has 23 heavy (non-hydrogen) atoms. The van der Waals surface area contributed by atoms with Crippen LogP contribution in [0.4, 0.5) is 4.79 Å². The van der Waals surface area contributed by atoms with Crippen molar-refractivity contribution in [3.05, 3.63) is 59.7 Å². The zero-order valence-corrected chi connectivity index (χ0v) is 13.0. The molecular formula is C17H15NO4S. The number of carboxylic acids is 1. The van der Waals surface area contributed by atoms with E-state index in [0.717, 1.165) is 22.3 Å². The summed E-state index contributed by atoms with van der Waals surface area (Å²) < 4.78 is 5.20. The summed E-state index contributed by atoms with van der Waals surface area (Å²) in [5, 5.41) is 9.59. The smallest absolute Gasteiger partial charge is 0.408 e. The minimum absolute atomic E-state index is 0.0589. The molecule has 0 aliphatic heterocycles. The van der Waals surface area contributed by atoms with E-state index in [1.54, 1.807) is 0 Å². The molecule has 1 aliphatic carbocycles. The van der Waals surface area contributed by atoms with Gasteiger partial charge >= 0.3 is 12.1 Å². The molecule has 0 radical (unpaired) electrons. The van der Waals surface area contributed by atoms with Crippen molar-refractivity contribution in [2.45, 2.75) is 11.3 Å². The average molecular weight is 329 g/mol. The highest BCUT2D eigenvalue weighted by atomic mass is 32.1. The summed E-state index contributed by atoms with van der Waals surface area (Å²) in [5.41, 5.74) is 4.47. The Morgan fingerprint density at radius 3 is 2.13 bits per heavy atom. The second-order valence-electron chi connectivity index (χ2n) is 5.21. The molecule has 118 valence electrons. The molecule has 2 aromatic carbocycles. The van der Waals surface area contributed by atoms with Gasteiger partial charge in [0.1, 0.15) is 6.61 Å². The van der Waals surface area contributed by atoms with Crippen molar-refractivity contribution in [1.29, 1.82) is 0 Å². The van der Waals surface area contributed by atoms with Crippen molar-refractivity contribution in [2.75, 3.05) is 6.61 Å². The number of carboxylic acid groups (broad SMARTS) is 1. The Hall–Kier alpha value is -2.47. The third kappa shape index (κ3) is 3.03. The topological polar surface area (TPSA) is 75.6 Å². The van der Waals surface area contributed by atoms with E-state index in [1.165, 1.54) is 0 Å². The zero-order chi connectivity index (χ0) is 16.4. The van der Waals surface area contributed by atoms with Gasteiger partial charge in [0, 0.05) is 5.92 Å². The molecule has 0 fully saturated rings. The number of carbonyl (C=O) groups excluding carboxylic acids is 1. The molecule has 0 unspecified atom stereocenters. The fourth-order valence-electron chi connectivity index (χ4n) is 2.81. The van der Waals surface area contributed by atoms with Gasteiger partial charge in [-0.15, -0.1) is 12.6 Å². The number of fused-ring (bicyclic) bond motifs is 3. The van der Waals surface area contributed by atoms with E-state index in [-0.39, 0.29) is 12.5 Å². The Balaban J connectivity index is 1.76. The van der Waals surface area contributed by atoms with Gasteiger partial charge in [0.05, 0.1) is 0 Å². The molecule has 0 spiro atoms. The van der Waals surface area contributed by atoms with Crippen LogP contribution in [0.3, 0.4) is 0 Å². The number of carbonyl (C=O) groups is 2. The highest BCUT2D eigenvalue weighted by Gasteiger charge is 2.29. The van der Waals surface area contributed by atoms with E-state index in [2.05, 4.69) is 17.9 Å². The SMILES string of the molecule is O=C(N[C@@H](S)C(=O)O)OCC1c2ccccc2-c2ccccc21. The summed E-state index contributed by atoms with van der Waals surface area (Å²) in [6, 6.07) is 16.0. The highest BCUT2D eigenvalue weighted by Crippen LogP contribution is 2.44. The second kappa shape index (κ2) is 6.34. The number of hydrogen-bond donors (Lipinski definition) is 3. The molecule has 1 amide bonds. The number of alkyl carbamates (subject to hydrolysis) is 1. The molecule has 3 rings (SSSR count). The molecule has 0 heterocycles. The van der Waals surface area contributed by atoms with Gasteiger partial charge in [-0.25, -0.2) is 9.59 Å². The van der Waals surface area contributed by atoms with Crippen molar-refractivity contribution in [3.8, 4) is 11.1 Å². The Labute approximate surface area is 138 Å². The molecule has 0 aromatic heterocycles. The van der Waals surface area contributed by atoms with Gasteiger partial charge < -0.3 is 9.84 Å². The van der Waals surface area contributed by atoms with Gasteiger partial charge in [0.15, 0.2) is 5.37 Å². The lowest BCUT2D eigenvalue weighted by Gasteiger charge is -2.15. The molecule has 6 heteroatoms. The van der Waals surface area contributed by atoms with Crippen LogP contribution in [0.15, 0.2) is 48.5 Å². The summed E-state index contributed by atoms with van der Waals surface area (Å²) in [4.78, 5) is 22.4. The van der Waals surface area contributed by atoms with Gasteiger partial charge in [0.25, 0.3) is 0 Å². The Bertz CT molecular complexity index is 716. The molecular weight excluding hydrogens is 314 g/mol. The highest BCUT2D eigenvalue weighted by molar-refractivity contribution is 7.81. The molecule has 1 aliphatic rings. The number of rotatable bonds is 4. The van der Waals surface area contributed by atoms with E-state index in [1.807, 2.05) is 48.5 Å². The standard InChI is InChI=1S/C17H15NO4S/c19-16(20)15(23)18-17(21)22-9-14-12-7-3-1-5-10(12)11-6-2-4-8-13(11)14/h1-8,14-15,23H,9H2,(H,18,21)(H,19,20)/t15-/m0/s1. The number of amides is 1. The average Bonchev–Trinajstić information content (AvgIpc) is 2.87. The fourth-order valence-corrected chi connectivity index (χ4v) is 2.92. The van der Waals surface area contributed by atoms with Crippen molar-refractivity contribution in [1.82, 2.24) is 5.32 Å². The molecule has 0 saturated heterocycles. The number of aliphatic carboxylic acids is 1. The zero-order valence-electron chi connectivity index (χ0n) is 12.1. The van der Waals surface area contributed by atoms with Crippen molar-refractivity contribution < 1.29 is 19.4 Å². The first-order valence-corrected chi connectivity index (χ1v) is 7.62. The summed E-state index contributed by atoms with van der Waals surface area (Å²) in [6.45, 7) is 0.139. The summed E-state index contributed by atoms with van der Waals surface area (Å²) >= 11 is 3.75. The maximum atomic E-state index is 11.7. The first kappa shape index (κ1) is 15.4. The molecule has 5 nitrogen and oxygen atoms in total. The van der Waals surface area contributed by atoms with E-state index in [4.69, 9.17) is 9.84 Å². The van der Waals surface area contributed by atoms with Crippen LogP contribution >= 0.6 is 12.6 Å². The maximum Gasteiger partial charge on any atom is 0.408 e. The Kier molecular flexibility index (Phi) is 4.25. The largest absolute Gasteiger partial charge is 0.479 e. The number of hydrogen-bond acceptors (Lipinski definition) is 4. The fraction of sp³-hybridized carbons (Fsp3) is 0.176. The van der Waals surface area contributed by atoms with E-state index in [9.17, 15) is 9.59 Å². The third-order valence-electron chi connectivity index (χ3n) is 3.83. The molecule has 2 N–H and O–H groups in total. The number of thiol groups is 1. The van der Waals surface area contributed by atoms with Crippen LogP contribution in [0.25, 0.3) is 11.1 Å². The summed E-state index contributed by atoms with van der Waals surface area (Å²) in [6.07, 6.45) is -0.797. The number of benzene rings is 2. The van der Waals surface area contributed by atoms with Gasteiger partial charge in [-0.1, -0.05) is 48.5 Å². The molecule has 0 saturated carbocycles. The van der Waals surface area contributed by atoms with Crippen LogP contribution in [0.2, 0.25) is 0 Å². The molecule has 1 atom stereocenters. The number of ether oxygens (including phenoxy) is 1. The van der Waals surface area contributed by atoms with Crippen LogP contribution in [-0.4, -0.2) is 29.1 Å². The summed E-state index contributed by atoms with van der Waals surface area (Å²) in [7, 11) is 0. The van der Waals surface area contributed by atoms with Crippen LogP contribution in [0.5, 0.6) is 0 Å². The lowest BCUT2D eigenvalue weighted by atomic mass is 9.98. The van der Waals surface area contributed by atoms with E-state index < -0.39 is 17.4 Å². The summed E-state index contributed by atoms with van der Waals surface area (Å²) in [5.74, 6) is -1.29. The lowest BCUT2D eigenvalue weighted by Crippen LogP contribution is -2.37. The maximum absolute atomic E-state index is 11.7. The van der Waals surface area contributed by atoms with Crippen LogP contribution < -0.4 is 5.32 Å². The van der Waals surface area contributed by atoms with Gasteiger partial charge in [-0.3, -0.25) is 5.32 Å². The number of nitrogens with one attached hydrogen (secondary N) is 1. The Morgan fingerprint density at radius 2 is 1.61 bits per heavy atom. The minimum Gasteiger partial charge on any atom is -0.479 e. The monoisotopic (exact) mass is 329 g/mol. The van der Waals surface area contributed by atoms with Crippen molar-refractivity contribution in [3.63, 3.8) is 0 Å². The van der Waals surface area contributed by atoms with Crippen molar-refractivity contribution >= 4 is 24.7 Å². The molecule has 2 aromatic rings. The lowest BCUT2D eigenvalue weighted by molar-refractivity contribution is -0.136. The predicted molar refractivity (Wildman–Crippen MR) is 88.6 cm³/mol. The minimum atomic E-state index is -1.29. The second-order valence-corrected chi connectivity index (χ2v) is 5.73. The predicted octanol–water partition coefficient (Wildman–Crippen LogP) is 2.87. The first-order chi connectivity index (χ1) is 11.1. The third-order valence-corrected chi connectivity index (χ3v) is 4.18. The van der Waals surface area contributed by atoms with Crippen LogP contribution in [0, 0.1) is 0 Å². The van der Waals surface area contributed by atoms with Crippen LogP contribution in [-0.2, 0) is 9.53 Å². The van der Waals surface area contributed by atoms with E-state index >= 15 is 0 Å².